The van der Waals surface area contributed by atoms with Gasteiger partial charge in [0.05, 0.1) is 24.8 Å². The van der Waals surface area contributed by atoms with E-state index in [1.165, 1.54) is 6.26 Å². The van der Waals surface area contributed by atoms with E-state index in [2.05, 4.69) is 20.6 Å². The van der Waals surface area contributed by atoms with Crippen LogP contribution in [-0.2, 0) is 6.54 Å². The second kappa shape index (κ2) is 7.38. The van der Waals surface area contributed by atoms with Crippen molar-refractivity contribution in [2.75, 3.05) is 23.5 Å². The fraction of sp³-hybridized carbons (Fsp3) is 0.125. The SMILES string of the molecule is COc1ccc(Nc2nc(N)c([N+](=O)[O-])c(NCc3ccco3)n2)cc1. The van der Waals surface area contributed by atoms with Crippen LogP contribution < -0.4 is 21.1 Å². The molecule has 0 saturated heterocycles. The number of methoxy groups -OCH3 is 1. The maximum absolute atomic E-state index is 11.3. The van der Waals surface area contributed by atoms with Crippen LogP contribution in [0.4, 0.5) is 29.0 Å². The summed E-state index contributed by atoms with van der Waals surface area (Å²) in [5, 5.41) is 17.1. The van der Waals surface area contributed by atoms with Gasteiger partial charge in [-0.2, -0.15) is 9.97 Å². The van der Waals surface area contributed by atoms with Crippen LogP contribution in [0.5, 0.6) is 5.75 Å². The first-order valence-corrected chi connectivity index (χ1v) is 7.56. The average molecular weight is 356 g/mol. The number of nitrogens with two attached hydrogens (primary N) is 1. The highest BCUT2D eigenvalue weighted by Gasteiger charge is 2.23. The van der Waals surface area contributed by atoms with Crippen molar-refractivity contribution in [1.29, 1.82) is 0 Å². The number of anilines is 4. The number of hydrogen-bond donors (Lipinski definition) is 3. The molecule has 3 aromatic rings. The number of nitrogen functional groups attached to an aromatic ring is 1. The van der Waals surface area contributed by atoms with Gasteiger partial charge in [0.1, 0.15) is 11.5 Å². The molecule has 4 N–H and O–H groups in total. The van der Waals surface area contributed by atoms with Gasteiger partial charge in [0.2, 0.25) is 17.6 Å². The van der Waals surface area contributed by atoms with Crippen LogP contribution in [0.3, 0.4) is 0 Å². The number of rotatable bonds is 7. The number of nitrogens with zero attached hydrogens (tertiary/aromatic N) is 3. The molecule has 3 rings (SSSR count). The normalized spacial score (nSPS) is 10.3. The molecular weight excluding hydrogens is 340 g/mol. The Kier molecular flexibility index (Phi) is 4.83. The molecule has 0 aliphatic heterocycles. The number of furan rings is 1. The standard InChI is InChI=1S/C16H16N6O4/c1-25-11-6-4-10(5-7-11)19-16-20-14(17)13(22(23)24)15(21-16)18-9-12-3-2-8-26-12/h2-8H,9H2,1H3,(H4,17,18,19,20,21). The van der Waals surface area contributed by atoms with E-state index >= 15 is 0 Å². The van der Waals surface area contributed by atoms with Crippen LogP contribution in [0.15, 0.2) is 47.1 Å². The molecule has 10 heteroatoms. The number of benzene rings is 1. The molecule has 0 saturated carbocycles. The maximum atomic E-state index is 11.3. The van der Waals surface area contributed by atoms with Gasteiger partial charge in [-0.3, -0.25) is 10.1 Å². The third-order valence-electron chi connectivity index (χ3n) is 3.45. The van der Waals surface area contributed by atoms with E-state index in [-0.39, 0.29) is 24.1 Å². The molecule has 0 spiro atoms. The van der Waals surface area contributed by atoms with E-state index in [0.29, 0.717) is 17.2 Å². The zero-order chi connectivity index (χ0) is 18.5. The molecule has 0 aliphatic rings. The Morgan fingerprint density at radius 1 is 1.27 bits per heavy atom. The lowest BCUT2D eigenvalue weighted by Gasteiger charge is -2.10. The van der Waals surface area contributed by atoms with E-state index in [4.69, 9.17) is 14.9 Å². The molecule has 0 aliphatic carbocycles. The van der Waals surface area contributed by atoms with Gasteiger partial charge in [0.25, 0.3) is 0 Å². The first kappa shape index (κ1) is 17.0. The van der Waals surface area contributed by atoms with Crippen molar-refractivity contribution >= 4 is 29.0 Å². The molecule has 2 aromatic heterocycles. The smallest absolute Gasteiger partial charge is 0.353 e. The number of ether oxygens (including phenoxy) is 1. The lowest BCUT2D eigenvalue weighted by Crippen LogP contribution is -2.10. The van der Waals surface area contributed by atoms with Crippen LogP contribution in [0.2, 0.25) is 0 Å². The van der Waals surface area contributed by atoms with E-state index in [1.54, 1.807) is 43.5 Å². The minimum atomic E-state index is -0.628. The Morgan fingerprint density at radius 3 is 2.65 bits per heavy atom. The summed E-state index contributed by atoms with van der Waals surface area (Å²) >= 11 is 0. The summed E-state index contributed by atoms with van der Waals surface area (Å²) in [4.78, 5) is 18.8. The quantitative estimate of drug-likeness (QED) is 0.430. The largest absolute Gasteiger partial charge is 0.497 e. The molecular formula is C16H16N6O4. The summed E-state index contributed by atoms with van der Waals surface area (Å²) in [5.74, 6) is 1.17. The molecule has 0 fully saturated rings. The number of nitrogens with one attached hydrogen (secondary N) is 2. The molecule has 0 amide bonds. The van der Waals surface area contributed by atoms with Crippen LogP contribution in [0, 0.1) is 10.1 Å². The third kappa shape index (κ3) is 3.80. The predicted molar refractivity (Wildman–Crippen MR) is 95.4 cm³/mol. The van der Waals surface area contributed by atoms with Crippen LogP contribution in [0.1, 0.15) is 5.76 Å². The van der Waals surface area contributed by atoms with Crippen molar-refractivity contribution in [2.24, 2.45) is 0 Å². The molecule has 0 bridgehead atoms. The fourth-order valence-electron chi connectivity index (χ4n) is 2.22. The zero-order valence-corrected chi connectivity index (χ0v) is 13.8. The Morgan fingerprint density at radius 2 is 2.04 bits per heavy atom. The first-order chi connectivity index (χ1) is 12.6. The van der Waals surface area contributed by atoms with Gasteiger partial charge in [-0.25, -0.2) is 0 Å². The van der Waals surface area contributed by atoms with Crippen LogP contribution in [0.25, 0.3) is 0 Å². The highest BCUT2D eigenvalue weighted by Crippen LogP contribution is 2.30. The monoisotopic (exact) mass is 356 g/mol. The van der Waals surface area contributed by atoms with Crippen molar-refractivity contribution in [2.45, 2.75) is 6.54 Å². The molecule has 0 unspecified atom stereocenters. The molecule has 0 radical (unpaired) electrons. The van der Waals surface area contributed by atoms with E-state index in [1.807, 2.05) is 0 Å². The Balaban J connectivity index is 1.86. The number of aromatic nitrogens is 2. The lowest BCUT2D eigenvalue weighted by molar-refractivity contribution is -0.383. The number of nitro groups is 1. The van der Waals surface area contributed by atoms with Crippen molar-refractivity contribution in [3.63, 3.8) is 0 Å². The minimum absolute atomic E-state index is 0.00471. The van der Waals surface area contributed by atoms with Crippen LogP contribution in [-0.4, -0.2) is 22.0 Å². The summed E-state index contributed by atoms with van der Waals surface area (Å²) in [6, 6.07) is 10.5. The highest BCUT2D eigenvalue weighted by molar-refractivity contribution is 5.71. The van der Waals surface area contributed by atoms with Gasteiger partial charge < -0.3 is 25.5 Å². The van der Waals surface area contributed by atoms with E-state index in [0.717, 1.165) is 0 Å². The van der Waals surface area contributed by atoms with Crippen molar-refractivity contribution < 1.29 is 14.1 Å². The highest BCUT2D eigenvalue weighted by atomic mass is 16.6. The Bertz CT molecular complexity index is 896. The summed E-state index contributed by atoms with van der Waals surface area (Å²) in [5.41, 5.74) is 6.04. The Hall–Kier alpha value is -3.82. The molecule has 10 nitrogen and oxygen atoms in total. The summed E-state index contributed by atoms with van der Waals surface area (Å²) < 4.78 is 10.3. The zero-order valence-electron chi connectivity index (χ0n) is 13.8. The molecule has 134 valence electrons. The lowest BCUT2D eigenvalue weighted by atomic mass is 10.3. The number of hydrogen-bond acceptors (Lipinski definition) is 9. The van der Waals surface area contributed by atoms with Crippen molar-refractivity contribution in [3.8, 4) is 5.75 Å². The topological polar surface area (TPSA) is 141 Å². The molecule has 26 heavy (non-hydrogen) atoms. The summed E-state index contributed by atoms with van der Waals surface area (Å²) in [6.45, 7) is 0.215. The fourth-order valence-corrected chi connectivity index (χ4v) is 2.22. The van der Waals surface area contributed by atoms with Gasteiger partial charge in [-0.15, -0.1) is 0 Å². The second-order valence-electron chi connectivity index (χ2n) is 5.17. The first-order valence-electron chi connectivity index (χ1n) is 7.56. The Labute approximate surface area is 148 Å². The third-order valence-corrected chi connectivity index (χ3v) is 3.45. The molecule has 0 atom stereocenters. The van der Waals surface area contributed by atoms with Gasteiger partial charge in [0.15, 0.2) is 0 Å². The van der Waals surface area contributed by atoms with Crippen LogP contribution >= 0.6 is 0 Å². The van der Waals surface area contributed by atoms with Gasteiger partial charge >= 0.3 is 5.69 Å². The van der Waals surface area contributed by atoms with Crippen molar-refractivity contribution in [3.05, 3.63) is 58.5 Å². The van der Waals surface area contributed by atoms with E-state index < -0.39 is 10.6 Å². The second-order valence-corrected chi connectivity index (χ2v) is 5.17. The average Bonchev–Trinajstić information content (AvgIpc) is 3.13. The molecule has 2 heterocycles. The summed E-state index contributed by atoms with van der Waals surface area (Å²) in [6.07, 6.45) is 1.51. The minimum Gasteiger partial charge on any atom is -0.497 e. The van der Waals surface area contributed by atoms with Gasteiger partial charge in [0, 0.05) is 5.69 Å². The van der Waals surface area contributed by atoms with Gasteiger partial charge in [-0.05, 0) is 36.4 Å². The predicted octanol–water partition coefficient (Wildman–Crippen LogP) is 2.92. The van der Waals surface area contributed by atoms with E-state index in [9.17, 15) is 10.1 Å². The molecule has 1 aromatic carbocycles. The van der Waals surface area contributed by atoms with Gasteiger partial charge in [-0.1, -0.05) is 0 Å². The van der Waals surface area contributed by atoms with Crippen molar-refractivity contribution in [1.82, 2.24) is 9.97 Å². The summed E-state index contributed by atoms with van der Waals surface area (Å²) in [7, 11) is 1.57. The maximum Gasteiger partial charge on any atom is 0.353 e.